The predicted molar refractivity (Wildman–Crippen MR) is 51.3 cm³/mol. The zero-order valence-corrected chi connectivity index (χ0v) is 8.04. The number of nitrogens with zero attached hydrogens (tertiary/aromatic N) is 1. The minimum absolute atomic E-state index is 0.491. The molecule has 0 aliphatic heterocycles. The van der Waals surface area contributed by atoms with Gasteiger partial charge in [0.05, 0.1) is 6.54 Å². The van der Waals surface area contributed by atoms with Crippen LogP contribution in [0, 0.1) is 14.0 Å². The number of benzene rings is 1. The van der Waals surface area contributed by atoms with Gasteiger partial charge in [0, 0.05) is 19.7 Å². The van der Waals surface area contributed by atoms with Gasteiger partial charge in [0.2, 0.25) is 0 Å². The molecule has 0 unspecified atom stereocenters. The molecular formula is C11H16N. The van der Waals surface area contributed by atoms with Crippen LogP contribution in [0.3, 0.4) is 0 Å². The molecular weight excluding hydrogens is 146 g/mol. The van der Waals surface area contributed by atoms with Gasteiger partial charge in [-0.3, -0.25) is 0 Å². The monoisotopic (exact) mass is 162 g/mol. The largest absolute Gasteiger partial charge is 0.478 e. The molecule has 1 rings (SSSR count). The SMILES string of the molecule is [CH-][N+](C)(C)Cc1ccccc1C. The Balaban J connectivity index is 2.83. The third-order valence-corrected chi connectivity index (χ3v) is 1.84. The molecule has 0 atom stereocenters. The lowest BCUT2D eigenvalue weighted by Gasteiger charge is -2.35. The highest BCUT2D eigenvalue weighted by Gasteiger charge is 2.03. The fourth-order valence-corrected chi connectivity index (χ4v) is 1.23. The van der Waals surface area contributed by atoms with Gasteiger partial charge in [0.25, 0.3) is 0 Å². The normalized spacial score (nSPS) is 11.7. The van der Waals surface area contributed by atoms with E-state index in [-0.39, 0.29) is 0 Å². The Morgan fingerprint density at radius 3 is 2.33 bits per heavy atom. The standard InChI is InChI=1S/C11H16N/c1-10-7-5-6-8-11(10)9-12(2,3)4/h2,5-8H,9H2,1,3-4H3. The summed E-state index contributed by atoms with van der Waals surface area (Å²) in [6, 6.07) is 8.35. The first-order valence-electron chi connectivity index (χ1n) is 4.15. The van der Waals surface area contributed by atoms with E-state index in [4.69, 9.17) is 7.05 Å². The molecule has 1 nitrogen and oxygen atoms in total. The van der Waals surface area contributed by atoms with Crippen molar-refractivity contribution in [3.63, 3.8) is 0 Å². The molecule has 0 N–H and O–H groups in total. The quantitative estimate of drug-likeness (QED) is 0.462. The highest BCUT2D eigenvalue weighted by atomic mass is 15.3. The Morgan fingerprint density at radius 1 is 1.25 bits per heavy atom. The van der Waals surface area contributed by atoms with Crippen LogP contribution in [-0.2, 0) is 6.54 Å². The molecule has 0 heterocycles. The van der Waals surface area contributed by atoms with E-state index in [2.05, 4.69) is 31.2 Å². The summed E-state index contributed by atoms with van der Waals surface area (Å²) < 4.78 is 0.491. The van der Waals surface area contributed by atoms with Crippen molar-refractivity contribution in [1.29, 1.82) is 0 Å². The van der Waals surface area contributed by atoms with E-state index in [9.17, 15) is 0 Å². The lowest BCUT2D eigenvalue weighted by atomic mass is 10.1. The molecule has 1 heteroatoms. The van der Waals surface area contributed by atoms with Gasteiger partial charge in [0.1, 0.15) is 0 Å². The summed E-state index contributed by atoms with van der Waals surface area (Å²) in [5.74, 6) is 0. The van der Waals surface area contributed by atoms with Crippen LogP contribution in [0.15, 0.2) is 24.3 Å². The molecule has 0 spiro atoms. The fraction of sp³-hybridized carbons (Fsp3) is 0.364. The Kier molecular flexibility index (Phi) is 2.53. The first-order valence-corrected chi connectivity index (χ1v) is 4.15. The predicted octanol–water partition coefficient (Wildman–Crippen LogP) is 2.24. The maximum atomic E-state index is 5.87. The van der Waals surface area contributed by atoms with Crippen molar-refractivity contribution >= 4 is 0 Å². The van der Waals surface area contributed by atoms with Gasteiger partial charge >= 0.3 is 0 Å². The van der Waals surface area contributed by atoms with Gasteiger partial charge < -0.3 is 4.48 Å². The van der Waals surface area contributed by atoms with E-state index in [0.717, 1.165) is 6.54 Å². The Bertz CT molecular complexity index is 258. The minimum atomic E-state index is 0.491. The highest BCUT2D eigenvalue weighted by molar-refractivity contribution is 5.24. The van der Waals surface area contributed by atoms with Gasteiger partial charge in [-0.2, -0.15) is 0 Å². The first kappa shape index (κ1) is 9.27. The number of aryl methyl sites for hydroxylation is 1. The van der Waals surface area contributed by atoms with Crippen molar-refractivity contribution in [2.45, 2.75) is 13.5 Å². The van der Waals surface area contributed by atoms with Crippen LogP contribution in [0.5, 0.6) is 0 Å². The summed E-state index contributed by atoms with van der Waals surface area (Å²) in [5.41, 5.74) is 2.64. The zero-order chi connectivity index (χ0) is 9.19. The van der Waals surface area contributed by atoms with Gasteiger partial charge in [-0.05, 0) is 12.5 Å². The summed E-state index contributed by atoms with van der Waals surface area (Å²) in [5, 5.41) is 0. The van der Waals surface area contributed by atoms with Crippen LogP contribution in [-0.4, -0.2) is 18.6 Å². The van der Waals surface area contributed by atoms with Crippen molar-refractivity contribution in [2.75, 3.05) is 14.1 Å². The highest BCUT2D eigenvalue weighted by Crippen LogP contribution is 2.11. The van der Waals surface area contributed by atoms with Crippen LogP contribution >= 0.6 is 0 Å². The zero-order valence-electron chi connectivity index (χ0n) is 8.04. The molecule has 12 heavy (non-hydrogen) atoms. The van der Waals surface area contributed by atoms with E-state index in [0.29, 0.717) is 4.48 Å². The molecule has 0 saturated carbocycles. The molecule has 1 aromatic rings. The van der Waals surface area contributed by atoms with Gasteiger partial charge in [-0.25, -0.2) is 7.05 Å². The summed E-state index contributed by atoms with van der Waals surface area (Å²) in [4.78, 5) is 0. The average molecular weight is 162 g/mol. The van der Waals surface area contributed by atoms with E-state index < -0.39 is 0 Å². The number of quaternary nitrogens is 1. The molecule has 65 valence electrons. The van der Waals surface area contributed by atoms with E-state index in [1.54, 1.807) is 0 Å². The summed E-state index contributed by atoms with van der Waals surface area (Å²) in [6.45, 7) is 3.00. The molecule has 1 radical (unpaired) electrons. The van der Waals surface area contributed by atoms with Crippen molar-refractivity contribution in [3.8, 4) is 0 Å². The van der Waals surface area contributed by atoms with Gasteiger partial charge in [-0.15, -0.1) is 0 Å². The van der Waals surface area contributed by atoms with E-state index >= 15 is 0 Å². The Hall–Kier alpha value is -0.820. The van der Waals surface area contributed by atoms with Crippen LogP contribution in [0.4, 0.5) is 0 Å². The molecule has 0 saturated heterocycles. The molecule has 0 aromatic heterocycles. The third-order valence-electron chi connectivity index (χ3n) is 1.84. The molecule has 0 aliphatic rings. The second-order valence-electron chi connectivity index (χ2n) is 3.86. The van der Waals surface area contributed by atoms with Gasteiger partial charge in [-0.1, -0.05) is 24.3 Å². The second-order valence-corrected chi connectivity index (χ2v) is 3.86. The lowest BCUT2D eigenvalue weighted by molar-refractivity contribution is -0.859. The molecule has 0 bridgehead atoms. The van der Waals surface area contributed by atoms with Crippen LogP contribution < -0.4 is 0 Å². The third kappa shape index (κ3) is 2.67. The smallest absolute Gasteiger partial charge is 0.0786 e. The van der Waals surface area contributed by atoms with Crippen molar-refractivity contribution in [1.82, 2.24) is 0 Å². The lowest BCUT2D eigenvalue weighted by Crippen LogP contribution is -2.30. The maximum absolute atomic E-state index is 5.87. The number of hydrogen-bond acceptors (Lipinski definition) is 0. The maximum Gasteiger partial charge on any atom is 0.0786 e. The fourth-order valence-electron chi connectivity index (χ4n) is 1.23. The molecule has 0 aliphatic carbocycles. The Morgan fingerprint density at radius 2 is 1.83 bits per heavy atom. The van der Waals surface area contributed by atoms with Crippen LogP contribution in [0.1, 0.15) is 11.1 Å². The van der Waals surface area contributed by atoms with Crippen LogP contribution in [0.25, 0.3) is 0 Å². The minimum Gasteiger partial charge on any atom is -0.478 e. The van der Waals surface area contributed by atoms with Gasteiger partial charge in [0.15, 0.2) is 0 Å². The second kappa shape index (κ2) is 3.28. The molecule has 0 amide bonds. The average Bonchev–Trinajstić information content (AvgIpc) is 1.91. The molecule has 0 fully saturated rings. The number of rotatable bonds is 2. The Labute approximate surface area is 75.2 Å². The number of hydrogen-bond donors (Lipinski definition) is 0. The van der Waals surface area contributed by atoms with Crippen molar-refractivity contribution < 1.29 is 4.48 Å². The van der Waals surface area contributed by atoms with E-state index in [1.807, 2.05) is 14.1 Å². The van der Waals surface area contributed by atoms with Crippen molar-refractivity contribution in [3.05, 3.63) is 42.4 Å². The van der Waals surface area contributed by atoms with Crippen molar-refractivity contribution in [2.24, 2.45) is 0 Å². The molecule has 1 aromatic carbocycles. The van der Waals surface area contributed by atoms with E-state index in [1.165, 1.54) is 11.1 Å². The first-order chi connectivity index (χ1) is 5.49. The van der Waals surface area contributed by atoms with Crippen LogP contribution in [0.2, 0.25) is 0 Å². The topological polar surface area (TPSA) is 0 Å². The summed E-state index contributed by atoms with van der Waals surface area (Å²) >= 11 is 0. The summed E-state index contributed by atoms with van der Waals surface area (Å²) in [7, 11) is 9.86. The summed E-state index contributed by atoms with van der Waals surface area (Å²) in [6.07, 6.45) is 0.